The summed E-state index contributed by atoms with van der Waals surface area (Å²) in [6, 6.07) is 3.65. The van der Waals surface area contributed by atoms with Gasteiger partial charge in [-0.15, -0.1) is 0 Å². The van der Waals surface area contributed by atoms with Crippen molar-refractivity contribution in [3.63, 3.8) is 0 Å². The van der Waals surface area contributed by atoms with Crippen molar-refractivity contribution < 1.29 is 22.8 Å². The third kappa shape index (κ3) is 4.61. The molecule has 1 atom stereocenters. The van der Waals surface area contributed by atoms with Crippen molar-refractivity contribution in [1.82, 2.24) is 15.1 Å². The van der Waals surface area contributed by atoms with Crippen LogP contribution in [0.15, 0.2) is 29.3 Å². The molecule has 1 aromatic rings. The zero-order valence-electron chi connectivity index (χ0n) is 15.4. The lowest BCUT2D eigenvalue weighted by atomic mass is 10.1. The van der Waals surface area contributed by atoms with E-state index < -0.39 is 23.7 Å². The van der Waals surface area contributed by atoms with E-state index in [1.54, 1.807) is 0 Å². The standard InChI is InChI=1S/C18H22F3N5O2/c1-2-25-7-9-26(10-8-25)17-23-14(11-15(27)24-17)16(28)22-13-6-4-3-5-12(13)18(19,20)21/h3-6,14H,2,7-11H2,1H3,(H,22,28)(H,23,24,27). The zero-order valence-corrected chi connectivity index (χ0v) is 15.4. The first-order valence-electron chi connectivity index (χ1n) is 9.10. The maximum absolute atomic E-state index is 13.1. The van der Waals surface area contributed by atoms with E-state index >= 15 is 0 Å². The number of alkyl halides is 3. The summed E-state index contributed by atoms with van der Waals surface area (Å²) in [5.74, 6) is -0.820. The first-order valence-corrected chi connectivity index (χ1v) is 9.10. The Kier molecular flexibility index (Phi) is 5.87. The van der Waals surface area contributed by atoms with Gasteiger partial charge in [0.15, 0.2) is 0 Å². The number of rotatable bonds is 3. The molecule has 7 nitrogen and oxygen atoms in total. The van der Waals surface area contributed by atoms with Gasteiger partial charge in [-0.1, -0.05) is 19.1 Å². The third-order valence-electron chi connectivity index (χ3n) is 4.82. The molecule has 3 rings (SSSR count). The number of hydrogen-bond donors (Lipinski definition) is 2. The Bertz CT molecular complexity index is 773. The van der Waals surface area contributed by atoms with Gasteiger partial charge in [-0.3, -0.25) is 14.9 Å². The smallest absolute Gasteiger partial charge is 0.340 e. The normalized spacial score (nSPS) is 21.1. The number of nitrogens with zero attached hydrogens (tertiary/aromatic N) is 3. The first kappa shape index (κ1) is 20.1. The summed E-state index contributed by atoms with van der Waals surface area (Å²) in [4.78, 5) is 33.0. The highest BCUT2D eigenvalue weighted by molar-refractivity contribution is 6.06. The van der Waals surface area contributed by atoms with Crippen LogP contribution in [-0.2, 0) is 15.8 Å². The van der Waals surface area contributed by atoms with Crippen molar-refractivity contribution in [1.29, 1.82) is 0 Å². The van der Waals surface area contributed by atoms with Crippen LogP contribution in [0.25, 0.3) is 0 Å². The lowest BCUT2D eigenvalue weighted by Gasteiger charge is -2.37. The highest BCUT2D eigenvalue weighted by Crippen LogP contribution is 2.34. The van der Waals surface area contributed by atoms with Gasteiger partial charge in [0, 0.05) is 26.2 Å². The Balaban J connectivity index is 1.74. The van der Waals surface area contributed by atoms with E-state index in [1.165, 1.54) is 18.2 Å². The average molecular weight is 397 g/mol. The van der Waals surface area contributed by atoms with E-state index in [-0.39, 0.29) is 18.0 Å². The van der Waals surface area contributed by atoms with Gasteiger partial charge in [0.2, 0.25) is 17.8 Å². The van der Waals surface area contributed by atoms with Gasteiger partial charge in [0.05, 0.1) is 17.7 Å². The molecule has 2 heterocycles. The van der Waals surface area contributed by atoms with Gasteiger partial charge in [-0.2, -0.15) is 13.2 Å². The topological polar surface area (TPSA) is 77.0 Å². The number of halogens is 3. The van der Waals surface area contributed by atoms with Crippen molar-refractivity contribution in [2.45, 2.75) is 25.6 Å². The predicted octanol–water partition coefficient (Wildman–Crippen LogP) is 1.53. The predicted molar refractivity (Wildman–Crippen MR) is 97.7 cm³/mol. The Morgan fingerprint density at radius 3 is 2.57 bits per heavy atom. The molecule has 1 unspecified atom stereocenters. The molecule has 0 aliphatic carbocycles. The molecule has 10 heteroatoms. The molecule has 0 spiro atoms. The summed E-state index contributed by atoms with van der Waals surface area (Å²) < 4.78 is 39.3. The Morgan fingerprint density at radius 1 is 1.25 bits per heavy atom. The van der Waals surface area contributed by atoms with Crippen molar-refractivity contribution >= 4 is 23.5 Å². The monoisotopic (exact) mass is 397 g/mol. The molecule has 0 radical (unpaired) electrons. The highest BCUT2D eigenvalue weighted by Gasteiger charge is 2.35. The largest absolute Gasteiger partial charge is 0.418 e. The molecule has 152 valence electrons. The maximum Gasteiger partial charge on any atom is 0.418 e. The van der Waals surface area contributed by atoms with Gasteiger partial charge in [0.25, 0.3) is 0 Å². The van der Waals surface area contributed by atoms with Gasteiger partial charge < -0.3 is 15.1 Å². The number of likely N-dealkylation sites (N-methyl/N-ethyl adjacent to an activating group) is 1. The molecule has 2 amide bonds. The summed E-state index contributed by atoms with van der Waals surface area (Å²) in [6.07, 6.45) is -4.81. The second kappa shape index (κ2) is 8.17. The lowest BCUT2D eigenvalue weighted by Crippen LogP contribution is -2.56. The summed E-state index contributed by atoms with van der Waals surface area (Å²) in [7, 11) is 0. The second-order valence-corrected chi connectivity index (χ2v) is 6.67. The molecular weight excluding hydrogens is 375 g/mol. The fourth-order valence-corrected chi connectivity index (χ4v) is 3.22. The van der Waals surface area contributed by atoms with Gasteiger partial charge in [0.1, 0.15) is 6.04 Å². The van der Waals surface area contributed by atoms with E-state index in [0.717, 1.165) is 25.7 Å². The van der Waals surface area contributed by atoms with Crippen LogP contribution in [0.2, 0.25) is 0 Å². The van der Waals surface area contributed by atoms with Crippen LogP contribution in [0.4, 0.5) is 18.9 Å². The second-order valence-electron chi connectivity index (χ2n) is 6.67. The quantitative estimate of drug-likeness (QED) is 0.811. The van der Waals surface area contributed by atoms with Gasteiger partial charge in [-0.25, -0.2) is 4.99 Å². The Morgan fingerprint density at radius 2 is 1.93 bits per heavy atom. The minimum absolute atomic E-state index is 0.210. The summed E-state index contributed by atoms with van der Waals surface area (Å²) in [5, 5.41) is 4.94. The molecule has 1 aromatic carbocycles. The molecule has 2 N–H and O–H groups in total. The highest BCUT2D eigenvalue weighted by atomic mass is 19.4. The molecule has 2 aliphatic heterocycles. The molecule has 28 heavy (non-hydrogen) atoms. The van der Waals surface area contributed by atoms with Crippen molar-refractivity contribution in [2.24, 2.45) is 4.99 Å². The zero-order chi connectivity index (χ0) is 20.3. The van der Waals surface area contributed by atoms with Crippen LogP contribution in [0.1, 0.15) is 18.9 Å². The Labute approximate surface area is 160 Å². The third-order valence-corrected chi connectivity index (χ3v) is 4.82. The number of hydrogen-bond acceptors (Lipinski definition) is 5. The molecule has 2 aliphatic rings. The summed E-state index contributed by atoms with van der Waals surface area (Å²) in [5.41, 5.74) is -1.29. The lowest BCUT2D eigenvalue weighted by molar-refractivity contribution is -0.137. The number of carbonyl (C=O) groups excluding carboxylic acids is 2. The number of para-hydroxylation sites is 1. The first-order chi connectivity index (χ1) is 13.3. The maximum atomic E-state index is 13.1. The number of benzene rings is 1. The molecule has 0 saturated carbocycles. The number of amides is 2. The Hall–Kier alpha value is -2.62. The minimum Gasteiger partial charge on any atom is -0.340 e. The van der Waals surface area contributed by atoms with Gasteiger partial charge >= 0.3 is 6.18 Å². The van der Waals surface area contributed by atoms with Crippen LogP contribution < -0.4 is 10.6 Å². The van der Waals surface area contributed by atoms with Crippen LogP contribution in [0.5, 0.6) is 0 Å². The molecular formula is C18H22F3N5O2. The molecule has 0 bridgehead atoms. The SMILES string of the molecule is CCN1CCN(C2=NC(C(=O)Nc3ccccc3C(F)(F)F)CC(=O)N2)CC1. The summed E-state index contributed by atoms with van der Waals surface area (Å²) >= 11 is 0. The van der Waals surface area contributed by atoms with Crippen molar-refractivity contribution in [3.05, 3.63) is 29.8 Å². The number of piperazine rings is 1. The molecule has 1 saturated heterocycles. The molecule has 0 aromatic heterocycles. The number of aliphatic imine (C=N–C) groups is 1. The number of nitrogens with one attached hydrogen (secondary N) is 2. The fraction of sp³-hybridized carbons (Fsp3) is 0.500. The number of guanidine groups is 1. The van der Waals surface area contributed by atoms with Gasteiger partial charge in [-0.05, 0) is 18.7 Å². The van der Waals surface area contributed by atoms with E-state index in [9.17, 15) is 22.8 Å². The number of carbonyl (C=O) groups is 2. The van der Waals surface area contributed by atoms with E-state index in [2.05, 4.69) is 27.4 Å². The van der Waals surface area contributed by atoms with E-state index in [1.807, 2.05) is 4.90 Å². The van der Waals surface area contributed by atoms with Crippen LogP contribution >= 0.6 is 0 Å². The van der Waals surface area contributed by atoms with E-state index in [0.29, 0.717) is 19.0 Å². The van der Waals surface area contributed by atoms with Crippen molar-refractivity contribution in [3.8, 4) is 0 Å². The fourth-order valence-electron chi connectivity index (χ4n) is 3.22. The summed E-state index contributed by atoms with van der Waals surface area (Å²) in [6.45, 7) is 5.91. The van der Waals surface area contributed by atoms with E-state index in [4.69, 9.17) is 0 Å². The van der Waals surface area contributed by atoms with Crippen LogP contribution in [0, 0.1) is 0 Å². The van der Waals surface area contributed by atoms with Crippen molar-refractivity contribution in [2.75, 3.05) is 38.0 Å². The number of anilines is 1. The van der Waals surface area contributed by atoms with Crippen LogP contribution in [0.3, 0.4) is 0 Å². The minimum atomic E-state index is -4.60. The molecule has 1 fully saturated rings. The average Bonchev–Trinajstić information content (AvgIpc) is 2.67. The van der Waals surface area contributed by atoms with Crippen LogP contribution in [-0.4, -0.2) is 66.3 Å².